The summed E-state index contributed by atoms with van der Waals surface area (Å²) in [5.74, 6) is -3.82. The highest BCUT2D eigenvalue weighted by Crippen LogP contribution is 2.40. The van der Waals surface area contributed by atoms with Crippen LogP contribution in [0.4, 0.5) is 16.2 Å². The van der Waals surface area contributed by atoms with Gasteiger partial charge in [-0.15, -0.1) is 0 Å². The van der Waals surface area contributed by atoms with Crippen molar-refractivity contribution < 1.29 is 69.1 Å². The summed E-state index contributed by atoms with van der Waals surface area (Å²) in [6.45, 7) is 2.47. The first-order chi connectivity index (χ1) is 29.1. The van der Waals surface area contributed by atoms with Crippen LogP contribution in [0.2, 0.25) is 0 Å². The van der Waals surface area contributed by atoms with E-state index in [4.69, 9.17) is 24.9 Å². The minimum atomic E-state index is -2.42. The van der Waals surface area contributed by atoms with Crippen molar-refractivity contribution in [2.45, 2.75) is 102 Å². The molecule has 0 radical (unpaired) electrons. The molecule has 1 fully saturated rings. The zero-order valence-electron chi connectivity index (χ0n) is 33.2. The molecule has 2 aromatic heterocycles. The molecule has 6 rings (SSSR count). The monoisotopic (exact) mass is 849 g/mol. The Morgan fingerprint density at radius 1 is 1.00 bits per heavy atom. The molecule has 0 spiro atoms. The number of carboxylic acids is 2. The lowest BCUT2D eigenvalue weighted by molar-refractivity contribution is -0.271. The largest absolute Gasteiger partial charge is 0.479 e. The van der Waals surface area contributed by atoms with Gasteiger partial charge in [-0.25, -0.2) is 19.4 Å². The Bertz CT molecular complexity index is 2420. The number of rotatable bonds is 16. The van der Waals surface area contributed by atoms with Gasteiger partial charge in [0, 0.05) is 40.7 Å². The number of carbonyl (C=O) groups excluding carboxylic acids is 2. The van der Waals surface area contributed by atoms with Crippen molar-refractivity contribution in [1.82, 2.24) is 9.55 Å². The average molecular weight is 850 g/mol. The van der Waals surface area contributed by atoms with Crippen LogP contribution in [0.5, 0.6) is 5.75 Å². The molecule has 2 aliphatic rings. The molecule has 0 saturated carbocycles. The quantitative estimate of drug-likeness (QED) is 0.0668. The third-order valence-corrected chi connectivity index (χ3v) is 10.8. The Kier molecular flexibility index (Phi) is 13.4. The fourth-order valence-electron chi connectivity index (χ4n) is 7.44. The van der Waals surface area contributed by atoms with Gasteiger partial charge in [0.05, 0.1) is 35.7 Å². The molecule has 326 valence electrons. The van der Waals surface area contributed by atoms with Gasteiger partial charge < -0.3 is 65.6 Å². The van der Waals surface area contributed by atoms with Crippen LogP contribution in [-0.4, -0.2) is 106 Å². The van der Waals surface area contributed by atoms with Crippen LogP contribution in [0.15, 0.2) is 47.3 Å². The van der Waals surface area contributed by atoms with Crippen molar-refractivity contribution in [1.29, 1.82) is 0 Å². The van der Waals surface area contributed by atoms with E-state index in [1.807, 2.05) is 6.92 Å². The lowest BCUT2D eigenvalue weighted by atomic mass is 9.87. The van der Waals surface area contributed by atoms with Gasteiger partial charge in [-0.05, 0) is 66.8 Å². The second-order valence-corrected chi connectivity index (χ2v) is 14.7. The van der Waals surface area contributed by atoms with E-state index >= 15 is 0 Å². The molecule has 20 heteroatoms. The number of ether oxygens (including phenoxy) is 3. The highest BCUT2D eigenvalue weighted by atomic mass is 16.7. The Morgan fingerprint density at radius 2 is 1.75 bits per heavy atom. The maximum absolute atomic E-state index is 13.7. The zero-order valence-corrected chi connectivity index (χ0v) is 33.2. The summed E-state index contributed by atoms with van der Waals surface area (Å²) in [4.78, 5) is 68.0. The maximum atomic E-state index is 13.7. The molecule has 0 aliphatic carbocycles. The SMILES string of the molecule is CCCCc1c2c(nc3ccc(NC(=O)OCc4ccc(OC5OC(C(=O)O)[C@@H](O)C(O)[C@H]5O)c(NC(=O)CCN)c4)cc13)-c1cc([C@@](O)(CC)C(=O)O)c(CO)c(=O)n1C2. The summed E-state index contributed by atoms with van der Waals surface area (Å²) in [6.07, 6.45) is -8.49. The van der Waals surface area contributed by atoms with Crippen LogP contribution in [-0.2, 0) is 55.6 Å². The molecule has 4 aromatic rings. The third-order valence-electron chi connectivity index (χ3n) is 10.8. The van der Waals surface area contributed by atoms with E-state index in [2.05, 4.69) is 10.6 Å². The number of nitrogens with zero attached hydrogens (tertiary/aromatic N) is 2. The number of unbranched alkanes of at least 4 members (excludes halogenated alkanes) is 1. The van der Waals surface area contributed by atoms with Crippen LogP contribution >= 0.6 is 0 Å². The second-order valence-electron chi connectivity index (χ2n) is 14.7. The molecule has 3 unspecified atom stereocenters. The number of benzene rings is 2. The number of aliphatic hydroxyl groups excluding tert-OH is 4. The van der Waals surface area contributed by atoms with Crippen LogP contribution < -0.4 is 26.7 Å². The van der Waals surface area contributed by atoms with E-state index in [1.54, 1.807) is 18.2 Å². The van der Waals surface area contributed by atoms with Gasteiger partial charge in [-0.1, -0.05) is 26.3 Å². The third kappa shape index (κ3) is 8.77. The number of fused-ring (bicyclic) bond motifs is 4. The van der Waals surface area contributed by atoms with E-state index in [0.717, 1.165) is 18.4 Å². The van der Waals surface area contributed by atoms with E-state index in [-0.39, 0.29) is 55.1 Å². The standard InChI is InChI=1S/C41H47N5O15/c1-3-5-6-21-22-14-20(8-9-26(22)45-31-23(21)16-46-28(31)15-25(24(17-47)36(46)52)41(58,4-2)39(55)56)43-40(57)59-18-19-7-10-29(27(13-19)44-30(48)11-12-42)60-38-34(51)32(49)33(50)35(61-38)37(53)54/h7-10,13-15,32-35,38,47,49-51,58H,3-6,11-12,16-18,42H2,1-2H3,(H,43,57)(H,44,48)(H,53,54)(H,55,56)/t32?,33-,34+,35?,38?,41-/m0/s1. The van der Waals surface area contributed by atoms with Crippen molar-refractivity contribution in [3.8, 4) is 17.1 Å². The van der Waals surface area contributed by atoms with Gasteiger partial charge in [0.15, 0.2) is 11.7 Å². The van der Waals surface area contributed by atoms with Gasteiger partial charge >= 0.3 is 18.0 Å². The predicted molar refractivity (Wildman–Crippen MR) is 214 cm³/mol. The minimum Gasteiger partial charge on any atom is -0.479 e. The number of hydrogen-bond donors (Lipinski definition) is 10. The number of aliphatic carboxylic acids is 2. The van der Waals surface area contributed by atoms with Crippen LogP contribution in [0.25, 0.3) is 22.3 Å². The molecule has 2 amide bonds. The number of hydrogen-bond acceptors (Lipinski definition) is 15. The van der Waals surface area contributed by atoms with Gasteiger partial charge in [-0.2, -0.15) is 0 Å². The molecular formula is C41H47N5O15. The number of amides is 2. The van der Waals surface area contributed by atoms with Gasteiger partial charge in [0.1, 0.15) is 30.7 Å². The molecule has 11 N–H and O–H groups in total. The maximum Gasteiger partial charge on any atom is 0.411 e. The fraction of sp³-hybridized carbons (Fsp3) is 0.415. The lowest BCUT2D eigenvalue weighted by Gasteiger charge is -2.38. The Balaban J connectivity index is 1.24. The Morgan fingerprint density at radius 3 is 2.41 bits per heavy atom. The average Bonchev–Trinajstić information content (AvgIpc) is 3.60. The summed E-state index contributed by atoms with van der Waals surface area (Å²) in [5, 5.41) is 77.2. The first-order valence-electron chi connectivity index (χ1n) is 19.5. The number of carbonyl (C=O) groups is 4. The molecule has 6 atom stereocenters. The smallest absolute Gasteiger partial charge is 0.411 e. The number of carboxylic acid groups (broad SMARTS) is 2. The van der Waals surface area contributed by atoms with E-state index < -0.39 is 72.4 Å². The number of aryl methyl sites for hydroxylation is 1. The van der Waals surface area contributed by atoms with Crippen molar-refractivity contribution in [2.24, 2.45) is 5.73 Å². The van der Waals surface area contributed by atoms with Crippen molar-refractivity contribution in [2.75, 3.05) is 17.2 Å². The van der Waals surface area contributed by atoms with E-state index in [1.165, 1.54) is 35.8 Å². The van der Waals surface area contributed by atoms with E-state index in [0.29, 0.717) is 45.5 Å². The number of nitrogens with one attached hydrogen (secondary N) is 2. The highest BCUT2D eigenvalue weighted by Gasteiger charge is 2.48. The summed E-state index contributed by atoms with van der Waals surface area (Å²) < 4.78 is 17.8. The molecule has 20 nitrogen and oxygen atoms in total. The van der Waals surface area contributed by atoms with Crippen LogP contribution in [0.1, 0.15) is 67.3 Å². The first-order valence-corrected chi connectivity index (χ1v) is 19.5. The van der Waals surface area contributed by atoms with Crippen molar-refractivity contribution in [3.05, 3.63) is 80.6 Å². The number of nitrogens with two attached hydrogens (primary N) is 1. The molecule has 4 heterocycles. The summed E-state index contributed by atoms with van der Waals surface area (Å²) in [5.41, 5.74) is 5.55. The summed E-state index contributed by atoms with van der Waals surface area (Å²) in [6, 6.07) is 10.6. The predicted octanol–water partition coefficient (Wildman–Crippen LogP) is 1.25. The molecular weight excluding hydrogens is 802 g/mol. The van der Waals surface area contributed by atoms with Crippen LogP contribution in [0, 0.1) is 0 Å². The van der Waals surface area contributed by atoms with E-state index in [9.17, 15) is 59.7 Å². The molecule has 0 bridgehead atoms. The molecule has 61 heavy (non-hydrogen) atoms. The molecule has 2 aliphatic heterocycles. The van der Waals surface area contributed by atoms with Crippen LogP contribution in [0.3, 0.4) is 0 Å². The van der Waals surface area contributed by atoms with Gasteiger partial charge in [0.25, 0.3) is 5.56 Å². The molecule has 2 aromatic carbocycles. The minimum absolute atomic E-state index is 0.00602. The zero-order chi connectivity index (χ0) is 44.3. The number of anilines is 2. The lowest BCUT2D eigenvalue weighted by Crippen LogP contribution is -2.61. The summed E-state index contributed by atoms with van der Waals surface area (Å²) in [7, 11) is 0. The van der Waals surface area contributed by atoms with Gasteiger partial charge in [0.2, 0.25) is 12.2 Å². The topological polar surface area (TPSA) is 323 Å². The second kappa shape index (κ2) is 18.3. The first kappa shape index (κ1) is 44.5. The molecule has 1 saturated heterocycles. The normalized spacial score (nSPS) is 20.3. The van der Waals surface area contributed by atoms with Gasteiger partial charge in [-0.3, -0.25) is 14.9 Å². The Labute approximate surface area is 347 Å². The fourth-order valence-corrected chi connectivity index (χ4v) is 7.44. The number of pyridine rings is 2. The number of aromatic nitrogens is 2. The Hall–Kier alpha value is -6.00. The highest BCUT2D eigenvalue weighted by molar-refractivity contribution is 5.94. The van der Waals surface area contributed by atoms with Crippen molar-refractivity contribution in [3.63, 3.8) is 0 Å². The van der Waals surface area contributed by atoms with Crippen molar-refractivity contribution >= 4 is 46.2 Å². The summed E-state index contributed by atoms with van der Waals surface area (Å²) >= 11 is 0. The number of aliphatic hydroxyl groups is 5.